The molecule has 2 aliphatic rings. The lowest BCUT2D eigenvalue weighted by Gasteiger charge is -2.07. The highest BCUT2D eigenvalue weighted by molar-refractivity contribution is 6.32. The molecule has 82 valence electrons. The van der Waals surface area contributed by atoms with E-state index in [1.807, 2.05) is 0 Å². The van der Waals surface area contributed by atoms with Gasteiger partial charge in [-0.3, -0.25) is 14.9 Å². The smallest absolute Gasteiger partial charge is 0.275 e. The highest BCUT2D eigenvalue weighted by Crippen LogP contribution is 2.26. The molecule has 0 unspecified atom stereocenters. The Bertz CT molecular complexity index is 608. The van der Waals surface area contributed by atoms with E-state index >= 15 is 0 Å². The van der Waals surface area contributed by atoms with Gasteiger partial charge in [0.15, 0.2) is 5.43 Å². The third-order valence-corrected chi connectivity index (χ3v) is 2.36. The zero-order valence-electron chi connectivity index (χ0n) is 8.15. The molecule has 1 heterocycles. The van der Waals surface area contributed by atoms with Gasteiger partial charge in [-0.2, -0.15) is 0 Å². The summed E-state index contributed by atoms with van der Waals surface area (Å²) in [5.74, 6) is 0.484. The number of nitrogens with one attached hydrogen (secondary N) is 1. The summed E-state index contributed by atoms with van der Waals surface area (Å²) in [7, 11) is 0. The van der Waals surface area contributed by atoms with Crippen LogP contribution in [0.3, 0.4) is 0 Å². The topological polar surface area (TPSA) is 88.9 Å². The molecule has 0 atom stereocenters. The summed E-state index contributed by atoms with van der Waals surface area (Å²) in [4.78, 5) is 28.2. The Labute approximate surface area is 94.4 Å². The minimum absolute atomic E-state index is 0.0474. The van der Waals surface area contributed by atoms with Crippen LogP contribution in [0.4, 0.5) is 5.69 Å². The normalized spacial score (nSPS) is 10.6. The number of fused-ring (bicyclic) bond motifs is 1. The van der Waals surface area contributed by atoms with Crippen molar-refractivity contribution in [3.63, 3.8) is 0 Å². The molecule has 1 aliphatic carbocycles. The first-order valence-corrected chi connectivity index (χ1v) is 4.71. The molecule has 1 aliphatic heterocycles. The maximum Gasteiger partial charge on any atom is 0.275 e. The van der Waals surface area contributed by atoms with Gasteiger partial charge in [0.1, 0.15) is 11.0 Å². The summed E-state index contributed by atoms with van der Waals surface area (Å²) in [5, 5.41) is 10.6. The molecule has 0 bridgehead atoms. The van der Waals surface area contributed by atoms with E-state index in [4.69, 9.17) is 11.6 Å². The minimum Gasteiger partial charge on any atom is -0.343 e. The van der Waals surface area contributed by atoms with Crippen LogP contribution in [0.15, 0.2) is 16.9 Å². The number of hydrogen-bond donors (Lipinski definition) is 1. The fraction of sp³-hybridized carbons (Fsp3) is 0.111. The van der Waals surface area contributed by atoms with Gasteiger partial charge in [0, 0.05) is 6.07 Å². The summed E-state index contributed by atoms with van der Waals surface area (Å²) in [6, 6.07) is 2.19. The number of nitro groups is 1. The van der Waals surface area contributed by atoms with E-state index in [-0.39, 0.29) is 16.4 Å². The van der Waals surface area contributed by atoms with Crippen LogP contribution in [0.25, 0.3) is 11.3 Å². The number of aromatic nitrogens is 2. The number of benzene rings is 1. The molecule has 0 spiro atoms. The van der Waals surface area contributed by atoms with Crippen LogP contribution in [-0.2, 0) is 0 Å². The molecule has 0 aromatic rings. The van der Waals surface area contributed by atoms with Crippen molar-refractivity contribution in [1.29, 1.82) is 0 Å². The third-order valence-electron chi connectivity index (χ3n) is 2.09. The van der Waals surface area contributed by atoms with Crippen molar-refractivity contribution >= 4 is 17.3 Å². The van der Waals surface area contributed by atoms with E-state index in [1.54, 1.807) is 6.92 Å². The number of hydrogen-bond acceptors (Lipinski definition) is 4. The summed E-state index contributed by atoms with van der Waals surface area (Å²) in [6.07, 6.45) is 0. The number of halogens is 1. The molecule has 2 rings (SSSR count). The molecular weight excluding hydrogens is 234 g/mol. The Kier molecular flexibility index (Phi) is 2.35. The van der Waals surface area contributed by atoms with Crippen LogP contribution in [0.2, 0.25) is 5.15 Å². The van der Waals surface area contributed by atoms with Crippen molar-refractivity contribution in [2.24, 2.45) is 0 Å². The van der Waals surface area contributed by atoms with Crippen molar-refractivity contribution in [3.05, 3.63) is 43.4 Å². The van der Waals surface area contributed by atoms with Crippen molar-refractivity contribution in [1.82, 2.24) is 9.97 Å². The van der Waals surface area contributed by atoms with Gasteiger partial charge in [0.2, 0.25) is 0 Å². The van der Waals surface area contributed by atoms with Gasteiger partial charge in [0.25, 0.3) is 5.69 Å². The van der Waals surface area contributed by atoms with Crippen LogP contribution in [0.1, 0.15) is 5.82 Å². The molecular formula is C9H6ClN3O3. The Morgan fingerprint density at radius 2 is 2.19 bits per heavy atom. The zero-order valence-corrected chi connectivity index (χ0v) is 8.91. The zero-order chi connectivity index (χ0) is 11.9. The van der Waals surface area contributed by atoms with Crippen molar-refractivity contribution in [2.75, 3.05) is 0 Å². The van der Waals surface area contributed by atoms with Crippen molar-refractivity contribution < 1.29 is 4.92 Å². The van der Waals surface area contributed by atoms with E-state index in [2.05, 4.69) is 9.97 Å². The summed E-state index contributed by atoms with van der Waals surface area (Å²) in [5.41, 5.74) is -0.303. The average Bonchev–Trinajstić information content (AvgIpc) is 2.15. The first kappa shape index (κ1) is 10.6. The van der Waals surface area contributed by atoms with Gasteiger partial charge in [-0.05, 0) is 6.92 Å². The maximum absolute atomic E-state index is 11.6. The van der Waals surface area contributed by atoms with Crippen LogP contribution >= 0.6 is 11.6 Å². The van der Waals surface area contributed by atoms with E-state index in [1.165, 1.54) is 6.07 Å². The maximum atomic E-state index is 11.6. The number of rotatable bonds is 1. The molecule has 16 heavy (non-hydrogen) atoms. The number of nitro benzene ring substituents is 1. The molecule has 1 N–H and O–H groups in total. The van der Waals surface area contributed by atoms with Crippen LogP contribution in [-0.4, -0.2) is 14.9 Å². The van der Waals surface area contributed by atoms with E-state index in [9.17, 15) is 14.9 Å². The molecule has 0 fully saturated rings. The fourth-order valence-electron chi connectivity index (χ4n) is 1.44. The first-order chi connectivity index (χ1) is 7.49. The second-order valence-electron chi connectivity index (χ2n) is 3.24. The summed E-state index contributed by atoms with van der Waals surface area (Å²) in [6.45, 7) is 1.65. The molecule has 0 saturated heterocycles. The number of aryl methyl sites for hydroxylation is 1. The van der Waals surface area contributed by atoms with Crippen LogP contribution < -0.4 is 5.43 Å². The first-order valence-electron chi connectivity index (χ1n) is 4.33. The predicted molar refractivity (Wildman–Crippen MR) is 57.9 cm³/mol. The standard InChI is InChI=1S/C9H6ClN3O3/c1-4-11-6-2-5(13(15)16)3-7(14)8(6)9(10)12-4/h2-3H,1H3,(H,11,12). The van der Waals surface area contributed by atoms with E-state index in [0.29, 0.717) is 11.5 Å². The molecule has 0 saturated carbocycles. The SMILES string of the molecule is Cc1nc(Cl)c2c(=O)cc([N+](=O)[O-])cc-2[nH]1. The number of nitrogens with zero attached hydrogens (tertiary/aromatic N) is 2. The second kappa shape index (κ2) is 3.57. The largest absolute Gasteiger partial charge is 0.343 e. The van der Waals surface area contributed by atoms with Crippen molar-refractivity contribution in [3.8, 4) is 11.3 Å². The Hall–Kier alpha value is -1.95. The number of non-ortho nitro benzene ring substituents is 1. The average molecular weight is 240 g/mol. The molecule has 0 aromatic carbocycles. The lowest BCUT2D eigenvalue weighted by molar-refractivity contribution is -0.384. The molecule has 6 nitrogen and oxygen atoms in total. The minimum atomic E-state index is -0.627. The van der Waals surface area contributed by atoms with Gasteiger partial charge in [-0.15, -0.1) is 0 Å². The summed E-state index contributed by atoms with van der Waals surface area (Å²) < 4.78 is 0. The molecule has 0 amide bonds. The Morgan fingerprint density at radius 3 is 2.81 bits per heavy atom. The van der Waals surface area contributed by atoms with Gasteiger partial charge in [-0.25, -0.2) is 4.98 Å². The lowest BCUT2D eigenvalue weighted by atomic mass is 10.1. The number of H-pyrrole nitrogens is 1. The Balaban J connectivity index is 2.87. The van der Waals surface area contributed by atoms with Gasteiger partial charge in [-0.1, -0.05) is 11.6 Å². The second-order valence-corrected chi connectivity index (χ2v) is 3.59. The third kappa shape index (κ3) is 1.63. The highest BCUT2D eigenvalue weighted by Gasteiger charge is 2.18. The molecule has 0 radical (unpaired) electrons. The fourth-order valence-corrected chi connectivity index (χ4v) is 1.77. The van der Waals surface area contributed by atoms with Crippen LogP contribution in [0.5, 0.6) is 0 Å². The quantitative estimate of drug-likeness (QED) is 0.466. The van der Waals surface area contributed by atoms with Gasteiger partial charge < -0.3 is 4.98 Å². The van der Waals surface area contributed by atoms with Gasteiger partial charge >= 0.3 is 0 Å². The molecule has 0 aromatic heterocycles. The van der Waals surface area contributed by atoms with Crippen LogP contribution in [0, 0.1) is 17.0 Å². The summed E-state index contributed by atoms with van der Waals surface area (Å²) >= 11 is 5.80. The van der Waals surface area contributed by atoms with Gasteiger partial charge in [0.05, 0.1) is 22.2 Å². The van der Waals surface area contributed by atoms with E-state index < -0.39 is 10.4 Å². The monoisotopic (exact) mass is 239 g/mol. The Morgan fingerprint density at radius 1 is 1.50 bits per heavy atom. The number of aromatic amines is 1. The van der Waals surface area contributed by atoms with E-state index in [0.717, 1.165) is 6.07 Å². The lowest BCUT2D eigenvalue weighted by Crippen LogP contribution is -2.10. The van der Waals surface area contributed by atoms with Crippen molar-refractivity contribution in [2.45, 2.75) is 6.92 Å². The highest BCUT2D eigenvalue weighted by atomic mass is 35.5. The molecule has 7 heteroatoms. The predicted octanol–water partition coefficient (Wildman–Crippen LogP) is 1.74.